The smallest absolute Gasteiger partial charge is 0.109 e. The van der Waals surface area contributed by atoms with Crippen LogP contribution in [-0.4, -0.2) is 52.8 Å². The molecule has 1 unspecified atom stereocenters. The minimum atomic E-state index is 0.256. The van der Waals surface area contributed by atoms with Crippen molar-refractivity contribution in [1.82, 2.24) is 14.5 Å². The summed E-state index contributed by atoms with van der Waals surface area (Å²) in [6, 6.07) is 0.586. The first kappa shape index (κ1) is 13.5. The summed E-state index contributed by atoms with van der Waals surface area (Å²) in [4.78, 5) is 6.81. The van der Waals surface area contributed by atoms with Crippen molar-refractivity contribution in [2.75, 3.05) is 26.2 Å². The predicted molar refractivity (Wildman–Crippen MR) is 71.4 cm³/mol. The van der Waals surface area contributed by atoms with E-state index in [2.05, 4.69) is 28.3 Å². The van der Waals surface area contributed by atoms with Gasteiger partial charge in [0, 0.05) is 37.9 Å². The van der Waals surface area contributed by atoms with Gasteiger partial charge in [0.1, 0.15) is 5.82 Å². The predicted octanol–water partition coefficient (Wildman–Crippen LogP) is 0.494. The Balaban J connectivity index is 1.94. The van der Waals surface area contributed by atoms with E-state index in [0.717, 1.165) is 38.5 Å². The molecule has 5 heteroatoms. The zero-order valence-corrected chi connectivity index (χ0v) is 11.4. The molecule has 1 saturated heterocycles. The maximum absolute atomic E-state index is 5.84. The summed E-state index contributed by atoms with van der Waals surface area (Å²) in [5, 5.41) is 0. The molecule has 0 radical (unpaired) electrons. The maximum atomic E-state index is 5.84. The van der Waals surface area contributed by atoms with E-state index in [4.69, 9.17) is 10.5 Å². The van der Waals surface area contributed by atoms with Crippen molar-refractivity contribution >= 4 is 0 Å². The van der Waals surface area contributed by atoms with Gasteiger partial charge < -0.3 is 15.0 Å². The molecule has 5 nitrogen and oxygen atoms in total. The second-order valence-corrected chi connectivity index (χ2v) is 5.12. The lowest BCUT2D eigenvalue weighted by molar-refractivity contribution is -0.0458. The summed E-state index contributed by atoms with van der Waals surface area (Å²) in [5.74, 6) is 1.06. The lowest BCUT2D eigenvalue weighted by Gasteiger charge is -2.35. The number of nitrogens with two attached hydrogens (primary N) is 1. The van der Waals surface area contributed by atoms with E-state index in [1.165, 1.54) is 0 Å². The van der Waals surface area contributed by atoms with Gasteiger partial charge in [-0.3, -0.25) is 4.90 Å². The number of hydrogen-bond acceptors (Lipinski definition) is 4. The molecule has 0 spiro atoms. The Morgan fingerprint density at radius 1 is 1.56 bits per heavy atom. The van der Waals surface area contributed by atoms with Crippen LogP contribution >= 0.6 is 0 Å². The highest BCUT2D eigenvalue weighted by atomic mass is 16.5. The summed E-state index contributed by atoms with van der Waals surface area (Å²) in [6.07, 6.45) is 4.94. The van der Waals surface area contributed by atoms with E-state index in [1.54, 1.807) is 0 Å². The first-order valence-corrected chi connectivity index (χ1v) is 6.76. The molecule has 2 rings (SSSR count). The highest BCUT2D eigenvalue weighted by molar-refractivity contribution is 4.94. The van der Waals surface area contributed by atoms with Crippen molar-refractivity contribution in [1.29, 1.82) is 0 Å². The van der Waals surface area contributed by atoms with E-state index in [0.29, 0.717) is 12.6 Å². The average molecular weight is 252 g/mol. The molecule has 1 aromatic heterocycles. The molecular weight excluding hydrogens is 228 g/mol. The van der Waals surface area contributed by atoms with Gasteiger partial charge in [-0.1, -0.05) is 0 Å². The van der Waals surface area contributed by atoms with Crippen LogP contribution < -0.4 is 5.73 Å². The molecule has 1 aromatic rings. The van der Waals surface area contributed by atoms with Crippen molar-refractivity contribution in [3.05, 3.63) is 18.2 Å². The summed E-state index contributed by atoms with van der Waals surface area (Å²) in [7, 11) is 0. The molecule has 1 aliphatic rings. The Labute approximate surface area is 109 Å². The third kappa shape index (κ3) is 3.31. The topological polar surface area (TPSA) is 56.3 Å². The van der Waals surface area contributed by atoms with Crippen molar-refractivity contribution in [2.45, 2.75) is 39.0 Å². The van der Waals surface area contributed by atoms with E-state index >= 15 is 0 Å². The van der Waals surface area contributed by atoms with Crippen molar-refractivity contribution in [3.8, 4) is 0 Å². The van der Waals surface area contributed by atoms with Gasteiger partial charge in [-0.15, -0.1) is 0 Å². The number of aromatic nitrogens is 2. The van der Waals surface area contributed by atoms with E-state index in [9.17, 15) is 0 Å². The van der Waals surface area contributed by atoms with Gasteiger partial charge >= 0.3 is 0 Å². The largest absolute Gasteiger partial charge is 0.374 e. The maximum Gasteiger partial charge on any atom is 0.109 e. The lowest BCUT2D eigenvalue weighted by atomic mass is 10.2. The first-order valence-electron chi connectivity index (χ1n) is 6.76. The van der Waals surface area contributed by atoms with Crippen LogP contribution in [0.3, 0.4) is 0 Å². The second-order valence-electron chi connectivity index (χ2n) is 5.12. The molecule has 1 atom stereocenters. The lowest BCUT2D eigenvalue weighted by Crippen LogP contribution is -2.47. The Hall–Kier alpha value is -0.910. The fourth-order valence-corrected chi connectivity index (χ4v) is 2.40. The number of rotatable bonds is 5. The van der Waals surface area contributed by atoms with Crippen LogP contribution in [0.25, 0.3) is 0 Å². The van der Waals surface area contributed by atoms with Gasteiger partial charge in [-0.2, -0.15) is 0 Å². The minimum Gasteiger partial charge on any atom is -0.374 e. The molecule has 1 aliphatic heterocycles. The molecule has 0 amide bonds. The Bertz CT molecular complexity index is 364. The third-order valence-electron chi connectivity index (χ3n) is 3.47. The van der Waals surface area contributed by atoms with Crippen molar-refractivity contribution in [2.24, 2.45) is 5.73 Å². The molecule has 2 N–H and O–H groups in total. The zero-order chi connectivity index (χ0) is 13.0. The molecule has 2 heterocycles. The van der Waals surface area contributed by atoms with Gasteiger partial charge in [0.05, 0.1) is 19.3 Å². The molecule has 18 heavy (non-hydrogen) atoms. The highest BCUT2D eigenvalue weighted by Gasteiger charge is 2.22. The van der Waals surface area contributed by atoms with Crippen LogP contribution in [0.2, 0.25) is 0 Å². The fraction of sp³-hybridized carbons (Fsp3) is 0.769. The zero-order valence-electron chi connectivity index (χ0n) is 11.4. The van der Waals surface area contributed by atoms with E-state index < -0.39 is 0 Å². The summed E-state index contributed by atoms with van der Waals surface area (Å²) < 4.78 is 8.01. The molecule has 102 valence electrons. The number of nitrogens with zero attached hydrogens (tertiary/aromatic N) is 3. The highest BCUT2D eigenvalue weighted by Crippen LogP contribution is 2.11. The van der Waals surface area contributed by atoms with E-state index in [-0.39, 0.29) is 6.10 Å². The van der Waals surface area contributed by atoms with Gasteiger partial charge in [-0.25, -0.2) is 4.98 Å². The number of morpholine rings is 1. The van der Waals surface area contributed by atoms with Crippen LogP contribution in [-0.2, 0) is 17.7 Å². The molecule has 0 aromatic carbocycles. The minimum absolute atomic E-state index is 0.256. The average Bonchev–Trinajstić information content (AvgIpc) is 2.77. The Kier molecular flexibility index (Phi) is 4.74. The first-order chi connectivity index (χ1) is 8.70. The quantitative estimate of drug-likeness (QED) is 0.829. The van der Waals surface area contributed by atoms with Gasteiger partial charge in [0.15, 0.2) is 0 Å². The van der Waals surface area contributed by atoms with Crippen LogP contribution in [0.4, 0.5) is 0 Å². The van der Waals surface area contributed by atoms with Gasteiger partial charge in [-0.05, 0) is 20.4 Å². The summed E-state index contributed by atoms with van der Waals surface area (Å²) in [6.45, 7) is 8.84. The van der Waals surface area contributed by atoms with Crippen LogP contribution in [0.5, 0.6) is 0 Å². The van der Waals surface area contributed by atoms with Crippen LogP contribution in [0.15, 0.2) is 12.4 Å². The van der Waals surface area contributed by atoms with Crippen LogP contribution in [0, 0.1) is 0 Å². The molecule has 0 saturated carbocycles. The molecule has 0 bridgehead atoms. The summed E-state index contributed by atoms with van der Waals surface area (Å²) >= 11 is 0. The number of ether oxygens (including phenoxy) is 1. The Morgan fingerprint density at radius 2 is 2.39 bits per heavy atom. The number of imidazole rings is 1. The van der Waals surface area contributed by atoms with Crippen LogP contribution in [0.1, 0.15) is 19.7 Å². The van der Waals surface area contributed by atoms with Gasteiger partial charge in [0.2, 0.25) is 0 Å². The SMILES string of the molecule is CC(C)N1CCOC(Cn2ccnc2CCN)C1. The summed E-state index contributed by atoms with van der Waals surface area (Å²) in [5.41, 5.74) is 5.59. The second kappa shape index (κ2) is 6.31. The van der Waals surface area contributed by atoms with E-state index in [1.807, 2.05) is 12.4 Å². The fourth-order valence-electron chi connectivity index (χ4n) is 2.40. The molecular formula is C13H24N4O. The third-order valence-corrected chi connectivity index (χ3v) is 3.47. The normalized spacial score (nSPS) is 21.7. The number of hydrogen-bond donors (Lipinski definition) is 1. The molecule has 1 fully saturated rings. The monoisotopic (exact) mass is 252 g/mol. The van der Waals surface area contributed by atoms with Gasteiger partial charge in [0.25, 0.3) is 0 Å². The molecule has 0 aliphatic carbocycles. The van der Waals surface area contributed by atoms with Crippen molar-refractivity contribution in [3.63, 3.8) is 0 Å². The van der Waals surface area contributed by atoms with Crippen molar-refractivity contribution < 1.29 is 4.74 Å². The standard InChI is InChI=1S/C13H24N4O/c1-11(2)16-7-8-18-12(9-16)10-17-6-5-15-13(17)3-4-14/h5-6,11-12H,3-4,7-10,14H2,1-2H3. The Morgan fingerprint density at radius 3 is 3.11 bits per heavy atom.